The van der Waals surface area contributed by atoms with Gasteiger partial charge in [0.1, 0.15) is 5.82 Å². The molecule has 1 aliphatic carbocycles. The van der Waals surface area contributed by atoms with E-state index in [9.17, 15) is 14.0 Å². The third-order valence-electron chi connectivity index (χ3n) is 5.39. The summed E-state index contributed by atoms with van der Waals surface area (Å²) >= 11 is 6.62. The maximum Gasteiger partial charge on any atom is 0.293 e. The molecule has 0 unspecified atom stereocenters. The van der Waals surface area contributed by atoms with Gasteiger partial charge in [0.25, 0.3) is 5.56 Å². The molecule has 1 aliphatic rings. The number of halogens is 2. The maximum atomic E-state index is 14.9. The van der Waals surface area contributed by atoms with E-state index in [0.717, 1.165) is 25.7 Å². The van der Waals surface area contributed by atoms with Crippen LogP contribution in [0.4, 0.5) is 4.39 Å². The highest BCUT2D eigenvalue weighted by atomic mass is 35.5. The van der Waals surface area contributed by atoms with E-state index in [1.807, 2.05) is 6.92 Å². The number of hydrogen-bond donors (Lipinski definition) is 2. The number of H-pyrrole nitrogens is 1. The van der Waals surface area contributed by atoms with Gasteiger partial charge in [0.2, 0.25) is 11.1 Å². The van der Waals surface area contributed by atoms with Gasteiger partial charge < -0.3 is 14.8 Å². The Morgan fingerprint density at radius 3 is 2.69 bits per heavy atom. The summed E-state index contributed by atoms with van der Waals surface area (Å²) in [5, 5.41) is 2.36. The summed E-state index contributed by atoms with van der Waals surface area (Å²) in [6.07, 6.45) is 3.12. The van der Waals surface area contributed by atoms with Crippen LogP contribution in [-0.2, 0) is 6.54 Å². The lowest BCUT2D eigenvalue weighted by molar-refractivity contribution is 0.387. The molecule has 138 valence electrons. The minimum atomic E-state index is -0.629. The van der Waals surface area contributed by atoms with Gasteiger partial charge in [-0.3, -0.25) is 9.59 Å². The molecule has 0 atom stereocenters. The number of fused-ring (bicyclic) bond motifs is 2. The Kier molecular flexibility index (Phi) is 4.16. The predicted molar refractivity (Wildman–Crippen MR) is 98.4 cm³/mol. The Hall–Kier alpha value is -2.12. The van der Waals surface area contributed by atoms with E-state index < -0.39 is 16.8 Å². The zero-order valence-corrected chi connectivity index (χ0v) is 15.0. The zero-order chi connectivity index (χ0) is 18.6. The average molecular weight is 380 g/mol. The van der Waals surface area contributed by atoms with Crippen molar-refractivity contribution in [2.45, 2.75) is 51.1 Å². The molecule has 3 aromatic rings. The fourth-order valence-electron chi connectivity index (χ4n) is 4.06. The molecule has 0 radical (unpaired) electrons. The molecule has 3 N–H and O–H groups in total. The van der Waals surface area contributed by atoms with Crippen molar-refractivity contribution in [1.29, 1.82) is 0 Å². The highest BCUT2D eigenvalue weighted by Crippen LogP contribution is 2.40. The molecule has 1 aromatic carbocycles. The number of nitrogens with two attached hydrogens (primary N) is 1. The van der Waals surface area contributed by atoms with E-state index in [2.05, 4.69) is 5.16 Å². The van der Waals surface area contributed by atoms with E-state index in [4.69, 9.17) is 21.9 Å². The van der Waals surface area contributed by atoms with Crippen molar-refractivity contribution in [2.24, 2.45) is 5.73 Å². The van der Waals surface area contributed by atoms with E-state index in [0.29, 0.717) is 17.6 Å². The van der Waals surface area contributed by atoms with Crippen LogP contribution in [-0.4, -0.2) is 15.8 Å². The van der Waals surface area contributed by atoms with Gasteiger partial charge in [-0.15, -0.1) is 0 Å². The Labute approximate surface area is 152 Å². The molecule has 2 heterocycles. The minimum Gasteiger partial charge on any atom is -0.360 e. The fraction of sp³-hybridized carbons (Fsp3) is 0.444. The van der Waals surface area contributed by atoms with Crippen molar-refractivity contribution in [2.75, 3.05) is 0 Å². The van der Waals surface area contributed by atoms with Gasteiger partial charge in [-0.25, -0.2) is 4.39 Å². The van der Waals surface area contributed by atoms with Crippen molar-refractivity contribution in [3.8, 4) is 0 Å². The molecular weight excluding hydrogens is 361 g/mol. The standard InChI is InChI=1S/C18H19ClFN3O3/c1-2-23-15-10(16(24)13-17(25)22-26-18(13)23)7-11(20)12(14(15)19)8-3-5-9(21)6-4-8/h7-9H,2-6,21H2,1H3,(H,22,25). The second-order valence-corrected chi connectivity index (χ2v) is 7.26. The van der Waals surface area contributed by atoms with Gasteiger partial charge >= 0.3 is 0 Å². The lowest BCUT2D eigenvalue weighted by Gasteiger charge is -2.28. The van der Waals surface area contributed by atoms with Crippen LogP contribution >= 0.6 is 11.6 Å². The number of benzene rings is 1. The summed E-state index contributed by atoms with van der Waals surface area (Å²) in [6, 6.07) is 1.34. The largest absolute Gasteiger partial charge is 0.360 e. The van der Waals surface area contributed by atoms with E-state index in [-0.39, 0.29) is 33.5 Å². The average Bonchev–Trinajstić information content (AvgIpc) is 3.00. The molecule has 6 nitrogen and oxygen atoms in total. The van der Waals surface area contributed by atoms with Gasteiger partial charge in [-0.05, 0) is 44.6 Å². The second kappa shape index (κ2) is 6.25. The van der Waals surface area contributed by atoms with E-state index in [1.165, 1.54) is 6.07 Å². The smallest absolute Gasteiger partial charge is 0.293 e. The Morgan fingerprint density at radius 2 is 2.04 bits per heavy atom. The van der Waals surface area contributed by atoms with Crippen LogP contribution in [0.25, 0.3) is 22.0 Å². The summed E-state index contributed by atoms with van der Waals surface area (Å²) in [6.45, 7) is 2.25. The van der Waals surface area contributed by atoms with Gasteiger partial charge in [-0.1, -0.05) is 11.6 Å². The zero-order valence-electron chi connectivity index (χ0n) is 14.3. The number of nitrogens with one attached hydrogen (secondary N) is 1. The normalized spacial score (nSPS) is 20.9. The molecule has 2 aromatic heterocycles. The molecule has 26 heavy (non-hydrogen) atoms. The molecular formula is C18H19ClFN3O3. The second-order valence-electron chi connectivity index (χ2n) is 6.88. The van der Waals surface area contributed by atoms with Crippen molar-refractivity contribution in [1.82, 2.24) is 9.72 Å². The van der Waals surface area contributed by atoms with Gasteiger partial charge in [0, 0.05) is 18.2 Å². The quantitative estimate of drug-likeness (QED) is 0.714. The number of hydrogen-bond acceptors (Lipinski definition) is 4. The van der Waals surface area contributed by atoms with Gasteiger partial charge in [-0.2, -0.15) is 5.16 Å². The first-order chi connectivity index (χ1) is 12.4. The van der Waals surface area contributed by atoms with Crippen LogP contribution in [0.1, 0.15) is 44.1 Å². The lowest BCUT2D eigenvalue weighted by atomic mass is 9.81. The Morgan fingerprint density at radius 1 is 1.35 bits per heavy atom. The topological polar surface area (TPSA) is 94.0 Å². The Balaban J connectivity index is 2.07. The summed E-state index contributed by atoms with van der Waals surface area (Å²) < 4.78 is 21.8. The number of rotatable bonds is 2. The van der Waals surface area contributed by atoms with E-state index in [1.54, 1.807) is 4.57 Å². The maximum absolute atomic E-state index is 14.9. The summed E-state index contributed by atoms with van der Waals surface area (Å²) in [5.41, 5.74) is 5.70. The molecule has 8 heteroatoms. The van der Waals surface area contributed by atoms with Gasteiger partial charge in [0.05, 0.1) is 15.9 Å². The van der Waals surface area contributed by atoms with Crippen LogP contribution in [0.15, 0.2) is 20.2 Å². The summed E-state index contributed by atoms with van der Waals surface area (Å²) in [5.74, 6) is -0.553. The van der Waals surface area contributed by atoms with Crippen LogP contribution in [0, 0.1) is 5.82 Å². The summed E-state index contributed by atoms with van der Waals surface area (Å²) in [4.78, 5) is 24.7. The molecule has 0 spiro atoms. The van der Waals surface area contributed by atoms with Gasteiger partial charge in [0.15, 0.2) is 5.39 Å². The highest BCUT2D eigenvalue weighted by molar-refractivity contribution is 6.36. The van der Waals surface area contributed by atoms with E-state index >= 15 is 0 Å². The molecule has 0 aliphatic heterocycles. The first kappa shape index (κ1) is 17.3. The monoisotopic (exact) mass is 379 g/mol. The first-order valence-corrected chi connectivity index (χ1v) is 9.13. The third-order valence-corrected chi connectivity index (χ3v) is 5.77. The molecule has 0 amide bonds. The molecule has 0 saturated heterocycles. The first-order valence-electron chi connectivity index (χ1n) is 8.75. The Bertz CT molecular complexity index is 1120. The molecule has 1 fully saturated rings. The van der Waals surface area contributed by atoms with Crippen molar-refractivity contribution < 1.29 is 8.91 Å². The molecule has 4 rings (SSSR count). The third kappa shape index (κ3) is 2.41. The molecule has 1 saturated carbocycles. The number of aryl methyl sites for hydroxylation is 1. The minimum absolute atomic E-state index is 0.0407. The highest BCUT2D eigenvalue weighted by Gasteiger charge is 2.28. The van der Waals surface area contributed by atoms with Crippen molar-refractivity contribution in [3.63, 3.8) is 0 Å². The number of aromatic amines is 1. The van der Waals surface area contributed by atoms with Crippen LogP contribution in [0.5, 0.6) is 0 Å². The lowest BCUT2D eigenvalue weighted by Crippen LogP contribution is -2.26. The van der Waals surface area contributed by atoms with Crippen LogP contribution < -0.4 is 16.7 Å². The molecule has 0 bridgehead atoms. The fourth-order valence-corrected chi connectivity index (χ4v) is 4.51. The number of aromatic nitrogens is 2. The van der Waals surface area contributed by atoms with Crippen LogP contribution in [0.3, 0.4) is 0 Å². The van der Waals surface area contributed by atoms with Crippen LogP contribution in [0.2, 0.25) is 5.02 Å². The predicted octanol–water partition coefficient (Wildman–Crippen LogP) is 3.23. The SMILES string of the molecule is CCn1c2o[nH]c(=O)c2c(=O)c2cc(F)c(C3CCC(N)CC3)c(Cl)c21. The number of pyridine rings is 1. The summed E-state index contributed by atoms with van der Waals surface area (Å²) in [7, 11) is 0. The van der Waals surface area contributed by atoms with Crippen molar-refractivity contribution in [3.05, 3.63) is 43.0 Å². The number of nitrogens with zero attached hydrogens (tertiary/aromatic N) is 1. The van der Waals surface area contributed by atoms with Crippen molar-refractivity contribution >= 4 is 33.6 Å².